The molecule has 0 aliphatic carbocycles. The van der Waals surface area contributed by atoms with Crippen molar-refractivity contribution in [3.05, 3.63) is 54.1 Å². The summed E-state index contributed by atoms with van der Waals surface area (Å²) in [6.45, 7) is 6.41. The molecule has 118 valence electrons. The molecular formula is C19H25NO2. The third kappa shape index (κ3) is 5.32. The molecule has 0 aromatic heterocycles. The average molecular weight is 299 g/mol. The van der Waals surface area contributed by atoms with E-state index in [1.807, 2.05) is 37.3 Å². The molecule has 0 heterocycles. The Labute approximate surface area is 133 Å². The lowest BCUT2D eigenvalue weighted by molar-refractivity contribution is 0.309. The highest BCUT2D eigenvalue weighted by atomic mass is 16.5. The van der Waals surface area contributed by atoms with Gasteiger partial charge in [0.2, 0.25) is 0 Å². The first kappa shape index (κ1) is 16.2. The molecule has 0 fully saturated rings. The summed E-state index contributed by atoms with van der Waals surface area (Å²) in [6.07, 6.45) is 2.24. The molecule has 0 amide bonds. The second kappa shape index (κ2) is 8.98. The standard InChI is InChI=1S/C19H25NO2/c1-3-5-13-22-19-8-6-7-17(14-19)20-15-16-9-11-18(12-10-16)21-4-2/h6-12,14,20H,3-5,13,15H2,1-2H3. The Morgan fingerprint density at radius 1 is 0.909 bits per heavy atom. The molecule has 0 unspecified atom stereocenters. The molecule has 1 N–H and O–H groups in total. The molecule has 0 spiro atoms. The van der Waals surface area contributed by atoms with Gasteiger partial charge in [0.05, 0.1) is 13.2 Å². The van der Waals surface area contributed by atoms with Crippen molar-refractivity contribution in [2.24, 2.45) is 0 Å². The SMILES string of the molecule is CCCCOc1cccc(NCc2ccc(OCC)cc2)c1. The number of hydrogen-bond donors (Lipinski definition) is 1. The van der Waals surface area contributed by atoms with Crippen molar-refractivity contribution in [3.63, 3.8) is 0 Å². The van der Waals surface area contributed by atoms with E-state index in [9.17, 15) is 0 Å². The van der Waals surface area contributed by atoms with Gasteiger partial charge in [-0.2, -0.15) is 0 Å². The number of benzene rings is 2. The van der Waals surface area contributed by atoms with Crippen LogP contribution in [0.2, 0.25) is 0 Å². The van der Waals surface area contributed by atoms with Crippen LogP contribution in [0.15, 0.2) is 48.5 Å². The van der Waals surface area contributed by atoms with E-state index < -0.39 is 0 Å². The van der Waals surface area contributed by atoms with E-state index in [0.29, 0.717) is 6.61 Å². The van der Waals surface area contributed by atoms with Crippen LogP contribution in [0.1, 0.15) is 32.3 Å². The third-order valence-electron chi connectivity index (χ3n) is 3.33. The van der Waals surface area contributed by atoms with Gasteiger partial charge in [0.15, 0.2) is 0 Å². The molecule has 3 nitrogen and oxygen atoms in total. The lowest BCUT2D eigenvalue weighted by atomic mass is 10.2. The van der Waals surface area contributed by atoms with Gasteiger partial charge >= 0.3 is 0 Å². The number of unbranched alkanes of at least 4 members (excludes halogenated alkanes) is 1. The van der Waals surface area contributed by atoms with Crippen molar-refractivity contribution in [1.82, 2.24) is 0 Å². The van der Waals surface area contributed by atoms with Crippen LogP contribution < -0.4 is 14.8 Å². The molecule has 0 atom stereocenters. The van der Waals surface area contributed by atoms with E-state index in [1.54, 1.807) is 0 Å². The van der Waals surface area contributed by atoms with Crippen LogP contribution in [0.5, 0.6) is 11.5 Å². The summed E-state index contributed by atoms with van der Waals surface area (Å²) in [6, 6.07) is 16.3. The predicted molar refractivity (Wildman–Crippen MR) is 91.8 cm³/mol. The number of ether oxygens (including phenoxy) is 2. The lowest BCUT2D eigenvalue weighted by Crippen LogP contribution is -2.01. The maximum atomic E-state index is 5.73. The molecule has 0 bridgehead atoms. The lowest BCUT2D eigenvalue weighted by Gasteiger charge is -2.10. The highest BCUT2D eigenvalue weighted by Crippen LogP contribution is 2.19. The van der Waals surface area contributed by atoms with Gasteiger partial charge in [-0.3, -0.25) is 0 Å². The molecule has 0 saturated heterocycles. The maximum Gasteiger partial charge on any atom is 0.121 e. The van der Waals surface area contributed by atoms with Gasteiger partial charge in [0, 0.05) is 18.3 Å². The Morgan fingerprint density at radius 3 is 2.45 bits per heavy atom. The van der Waals surface area contributed by atoms with E-state index >= 15 is 0 Å². The van der Waals surface area contributed by atoms with Crippen molar-refractivity contribution < 1.29 is 9.47 Å². The molecule has 2 aromatic carbocycles. The Hall–Kier alpha value is -2.16. The molecule has 0 aliphatic heterocycles. The average Bonchev–Trinajstić information content (AvgIpc) is 2.55. The largest absolute Gasteiger partial charge is 0.494 e. The second-order valence-electron chi connectivity index (χ2n) is 5.16. The molecule has 3 heteroatoms. The summed E-state index contributed by atoms with van der Waals surface area (Å²) in [5.74, 6) is 1.84. The van der Waals surface area contributed by atoms with Crippen molar-refractivity contribution >= 4 is 5.69 Å². The van der Waals surface area contributed by atoms with Crippen molar-refractivity contribution in [1.29, 1.82) is 0 Å². The number of rotatable bonds is 9. The summed E-state index contributed by atoms with van der Waals surface area (Å²) in [7, 11) is 0. The zero-order valence-electron chi connectivity index (χ0n) is 13.5. The molecular weight excluding hydrogens is 274 g/mol. The first-order valence-corrected chi connectivity index (χ1v) is 8.00. The van der Waals surface area contributed by atoms with Crippen LogP contribution in [0.4, 0.5) is 5.69 Å². The van der Waals surface area contributed by atoms with Crippen molar-refractivity contribution in [3.8, 4) is 11.5 Å². The molecule has 2 aromatic rings. The summed E-state index contributed by atoms with van der Waals surface area (Å²) in [5, 5.41) is 3.42. The monoisotopic (exact) mass is 299 g/mol. The van der Waals surface area contributed by atoms with Crippen molar-refractivity contribution in [2.45, 2.75) is 33.2 Å². The minimum Gasteiger partial charge on any atom is -0.494 e. The van der Waals surface area contributed by atoms with Gasteiger partial charge < -0.3 is 14.8 Å². The van der Waals surface area contributed by atoms with Gasteiger partial charge in [0.25, 0.3) is 0 Å². The van der Waals surface area contributed by atoms with Crippen molar-refractivity contribution in [2.75, 3.05) is 18.5 Å². The van der Waals surface area contributed by atoms with Crippen LogP contribution in [0.25, 0.3) is 0 Å². The van der Waals surface area contributed by atoms with Gasteiger partial charge in [-0.1, -0.05) is 31.5 Å². The molecule has 0 aliphatic rings. The minimum absolute atomic E-state index is 0.697. The van der Waals surface area contributed by atoms with Crippen LogP contribution >= 0.6 is 0 Å². The van der Waals surface area contributed by atoms with E-state index in [1.165, 1.54) is 5.56 Å². The Kier molecular flexibility index (Phi) is 6.62. The topological polar surface area (TPSA) is 30.5 Å². The summed E-state index contributed by atoms with van der Waals surface area (Å²) in [5.41, 5.74) is 2.30. The zero-order chi connectivity index (χ0) is 15.6. The Bertz CT molecular complexity index is 552. The minimum atomic E-state index is 0.697. The van der Waals surface area contributed by atoms with Gasteiger partial charge in [-0.15, -0.1) is 0 Å². The number of anilines is 1. The van der Waals surface area contributed by atoms with Gasteiger partial charge in [0.1, 0.15) is 11.5 Å². The first-order valence-electron chi connectivity index (χ1n) is 8.00. The quantitative estimate of drug-likeness (QED) is 0.670. The van der Waals surface area contributed by atoms with E-state index in [-0.39, 0.29) is 0 Å². The van der Waals surface area contributed by atoms with E-state index in [0.717, 1.165) is 43.2 Å². The van der Waals surface area contributed by atoms with Gasteiger partial charge in [-0.05, 0) is 43.2 Å². The first-order chi connectivity index (χ1) is 10.8. The highest BCUT2D eigenvalue weighted by Gasteiger charge is 1.99. The number of hydrogen-bond acceptors (Lipinski definition) is 3. The van der Waals surface area contributed by atoms with Crippen LogP contribution in [0, 0.1) is 0 Å². The fourth-order valence-electron chi connectivity index (χ4n) is 2.10. The van der Waals surface area contributed by atoms with Crippen LogP contribution in [0.3, 0.4) is 0 Å². The summed E-state index contributed by atoms with van der Waals surface area (Å²) >= 11 is 0. The normalized spacial score (nSPS) is 10.3. The molecule has 0 radical (unpaired) electrons. The number of nitrogens with one attached hydrogen (secondary N) is 1. The summed E-state index contributed by atoms with van der Waals surface area (Å²) in [4.78, 5) is 0. The van der Waals surface area contributed by atoms with E-state index in [4.69, 9.17) is 9.47 Å². The second-order valence-corrected chi connectivity index (χ2v) is 5.16. The van der Waals surface area contributed by atoms with Gasteiger partial charge in [-0.25, -0.2) is 0 Å². The Morgan fingerprint density at radius 2 is 1.73 bits per heavy atom. The highest BCUT2D eigenvalue weighted by molar-refractivity contribution is 5.48. The Balaban J connectivity index is 1.86. The third-order valence-corrected chi connectivity index (χ3v) is 3.33. The van der Waals surface area contributed by atoms with Crippen LogP contribution in [-0.2, 0) is 6.54 Å². The fourth-order valence-corrected chi connectivity index (χ4v) is 2.10. The molecule has 22 heavy (non-hydrogen) atoms. The van der Waals surface area contributed by atoms with E-state index in [2.05, 4.69) is 30.4 Å². The summed E-state index contributed by atoms with van der Waals surface area (Å²) < 4.78 is 11.2. The van der Waals surface area contributed by atoms with Crippen LogP contribution in [-0.4, -0.2) is 13.2 Å². The zero-order valence-corrected chi connectivity index (χ0v) is 13.5. The smallest absolute Gasteiger partial charge is 0.121 e. The molecule has 0 saturated carbocycles. The predicted octanol–water partition coefficient (Wildman–Crippen LogP) is 4.88. The molecule has 2 rings (SSSR count). The maximum absolute atomic E-state index is 5.73. The fraction of sp³-hybridized carbons (Fsp3) is 0.368.